The maximum atomic E-state index is 5.52. The third-order valence-corrected chi connectivity index (χ3v) is 3.55. The molecule has 0 aliphatic carbocycles. The van der Waals surface area contributed by atoms with E-state index in [0.717, 1.165) is 38.3 Å². The molecule has 19 heavy (non-hydrogen) atoms. The van der Waals surface area contributed by atoms with Gasteiger partial charge in [-0.15, -0.1) is 0 Å². The van der Waals surface area contributed by atoms with Crippen molar-refractivity contribution in [1.82, 2.24) is 4.57 Å². The quantitative estimate of drug-likeness (QED) is 0.886. The van der Waals surface area contributed by atoms with Crippen molar-refractivity contribution in [1.29, 1.82) is 0 Å². The zero-order valence-corrected chi connectivity index (χ0v) is 11.4. The van der Waals surface area contributed by atoms with Gasteiger partial charge in [-0.25, -0.2) is 0 Å². The highest BCUT2D eigenvalue weighted by atomic mass is 16.5. The topological polar surface area (TPSA) is 26.2 Å². The summed E-state index contributed by atoms with van der Waals surface area (Å²) in [6, 6.07) is 10.7. The van der Waals surface area contributed by atoms with Crippen molar-refractivity contribution >= 4 is 5.69 Å². The molecule has 3 heteroatoms. The average molecular weight is 256 g/mol. The normalized spacial score (nSPS) is 13.1. The van der Waals surface area contributed by atoms with Gasteiger partial charge < -0.3 is 14.6 Å². The molecule has 1 aliphatic heterocycles. The lowest BCUT2D eigenvalue weighted by Crippen LogP contribution is -2.06. The predicted molar refractivity (Wildman–Crippen MR) is 77.7 cm³/mol. The number of anilines is 1. The second-order valence-corrected chi connectivity index (χ2v) is 4.97. The number of ether oxygens (including phenoxy) is 1. The van der Waals surface area contributed by atoms with Gasteiger partial charge in [0.05, 0.1) is 13.2 Å². The summed E-state index contributed by atoms with van der Waals surface area (Å²) in [5, 5.41) is 3.50. The second-order valence-electron chi connectivity index (χ2n) is 4.97. The van der Waals surface area contributed by atoms with E-state index in [1.807, 2.05) is 0 Å². The van der Waals surface area contributed by atoms with Crippen LogP contribution in [0.5, 0.6) is 5.75 Å². The molecule has 1 aromatic carbocycles. The molecule has 2 heterocycles. The Morgan fingerprint density at radius 1 is 1.32 bits per heavy atom. The minimum absolute atomic E-state index is 0.818. The first-order valence-electron chi connectivity index (χ1n) is 7.00. The molecule has 3 nitrogen and oxygen atoms in total. The maximum absolute atomic E-state index is 5.52. The van der Waals surface area contributed by atoms with Crippen molar-refractivity contribution < 1.29 is 4.74 Å². The molecule has 1 aliphatic rings. The molecular weight excluding hydrogens is 236 g/mol. The van der Waals surface area contributed by atoms with E-state index in [0.29, 0.717) is 0 Å². The standard InChI is InChI=1S/C16H20N2O/c1-2-8-18-9-3-4-15(18)12-17-14-5-6-16-13(11-14)7-10-19-16/h3-6,9,11,17H,2,7-8,10,12H2,1H3. The first-order chi connectivity index (χ1) is 9.36. The largest absolute Gasteiger partial charge is 0.493 e. The molecule has 0 bridgehead atoms. The number of hydrogen-bond donors (Lipinski definition) is 1. The third-order valence-electron chi connectivity index (χ3n) is 3.55. The van der Waals surface area contributed by atoms with E-state index in [1.54, 1.807) is 0 Å². The van der Waals surface area contributed by atoms with E-state index < -0.39 is 0 Å². The van der Waals surface area contributed by atoms with Gasteiger partial charge in [-0.1, -0.05) is 6.92 Å². The maximum Gasteiger partial charge on any atom is 0.122 e. The SMILES string of the molecule is CCCn1cccc1CNc1ccc2c(c1)CCO2. The first kappa shape index (κ1) is 12.2. The van der Waals surface area contributed by atoms with Gasteiger partial charge in [0, 0.05) is 30.5 Å². The first-order valence-corrected chi connectivity index (χ1v) is 7.00. The predicted octanol–water partition coefficient (Wildman–Crippen LogP) is 3.45. The number of benzene rings is 1. The van der Waals surface area contributed by atoms with Crippen LogP contribution in [0.15, 0.2) is 36.5 Å². The lowest BCUT2D eigenvalue weighted by atomic mass is 10.1. The van der Waals surface area contributed by atoms with E-state index in [2.05, 4.69) is 53.3 Å². The number of nitrogens with one attached hydrogen (secondary N) is 1. The Bertz CT molecular complexity index is 560. The Balaban J connectivity index is 1.67. The van der Waals surface area contributed by atoms with Gasteiger partial charge in [-0.2, -0.15) is 0 Å². The number of fused-ring (bicyclic) bond motifs is 1. The van der Waals surface area contributed by atoms with Crippen LogP contribution >= 0.6 is 0 Å². The molecule has 0 saturated carbocycles. The molecule has 3 rings (SSSR count). The van der Waals surface area contributed by atoms with Crippen molar-refractivity contribution in [2.75, 3.05) is 11.9 Å². The average Bonchev–Trinajstić information content (AvgIpc) is 3.05. The molecule has 2 aromatic rings. The molecule has 0 spiro atoms. The smallest absolute Gasteiger partial charge is 0.122 e. The molecule has 0 fully saturated rings. The summed E-state index contributed by atoms with van der Waals surface area (Å²) in [7, 11) is 0. The minimum atomic E-state index is 0.818. The van der Waals surface area contributed by atoms with Crippen LogP contribution in [0, 0.1) is 0 Å². The number of aromatic nitrogens is 1. The molecule has 0 radical (unpaired) electrons. The van der Waals surface area contributed by atoms with E-state index in [9.17, 15) is 0 Å². The molecule has 0 saturated heterocycles. The van der Waals surface area contributed by atoms with Crippen LogP contribution in [0.25, 0.3) is 0 Å². The van der Waals surface area contributed by atoms with E-state index in [-0.39, 0.29) is 0 Å². The molecule has 1 N–H and O–H groups in total. The monoisotopic (exact) mass is 256 g/mol. The summed E-state index contributed by atoms with van der Waals surface area (Å²) in [6.07, 6.45) is 4.34. The summed E-state index contributed by atoms with van der Waals surface area (Å²) in [4.78, 5) is 0. The second kappa shape index (κ2) is 5.39. The zero-order chi connectivity index (χ0) is 13.1. The fourth-order valence-electron chi connectivity index (χ4n) is 2.56. The number of hydrogen-bond acceptors (Lipinski definition) is 2. The zero-order valence-electron chi connectivity index (χ0n) is 11.4. The fraction of sp³-hybridized carbons (Fsp3) is 0.375. The van der Waals surface area contributed by atoms with Gasteiger partial charge in [-0.05, 0) is 42.3 Å². The van der Waals surface area contributed by atoms with Gasteiger partial charge in [0.1, 0.15) is 5.75 Å². The molecule has 0 atom stereocenters. The third kappa shape index (κ3) is 2.60. The van der Waals surface area contributed by atoms with Gasteiger partial charge in [0.15, 0.2) is 0 Å². The summed E-state index contributed by atoms with van der Waals surface area (Å²) in [6.45, 7) is 4.98. The Kier molecular flexibility index (Phi) is 3.45. The van der Waals surface area contributed by atoms with Gasteiger partial charge >= 0.3 is 0 Å². The van der Waals surface area contributed by atoms with Crippen LogP contribution in [0.1, 0.15) is 24.6 Å². The van der Waals surface area contributed by atoms with Gasteiger partial charge in [0.25, 0.3) is 0 Å². The Labute approximate surface area is 114 Å². The summed E-state index contributed by atoms with van der Waals surface area (Å²) in [5.74, 6) is 1.04. The summed E-state index contributed by atoms with van der Waals surface area (Å²) >= 11 is 0. The van der Waals surface area contributed by atoms with Crippen LogP contribution in [0.4, 0.5) is 5.69 Å². The van der Waals surface area contributed by atoms with Crippen molar-refractivity contribution in [3.63, 3.8) is 0 Å². The summed E-state index contributed by atoms with van der Waals surface area (Å²) in [5.41, 5.74) is 3.82. The molecular formula is C16H20N2O. The van der Waals surface area contributed by atoms with Crippen LogP contribution in [0.3, 0.4) is 0 Å². The molecule has 100 valence electrons. The highest BCUT2D eigenvalue weighted by molar-refractivity contribution is 5.52. The van der Waals surface area contributed by atoms with Crippen LogP contribution < -0.4 is 10.1 Å². The van der Waals surface area contributed by atoms with Gasteiger partial charge in [-0.3, -0.25) is 0 Å². The molecule has 0 amide bonds. The molecule has 1 aromatic heterocycles. The van der Waals surface area contributed by atoms with Crippen molar-refractivity contribution in [3.8, 4) is 5.75 Å². The Morgan fingerprint density at radius 2 is 2.26 bits per heavy atom. The highest BCUT2D eigenvalue weighted by Gasteiger charge is 2.11. The van der Waals surface area contributed by atoms with Crippen molar-refractivity contribution in [2.45, 2.75) is 32.9 Å². The lowest BCUT2D eigenvalue weighted by Gasteiger charge is -2.11. The Hall–Kier alpha value is -1.90. The molecule has 0 unspecified atom stereocenters. The Morgan fingerprint density at radius 3 is 3.16 bits per heavy atom. The number of rotatable bonds is 5. The van der Waals surface area contributed by atoms with E-state index >= 15 is 0 Å². The van der Waals surface area contributed by atoms with Crippen LogP contribution in [-0.2, 0) is 19.5 Å². The van der Waals surface area contributed by atoms with Crippen molar-refractivity contribution in [2.24, 2.45) is 0 Å². The number of nitrogens with zero attached hydrogens (tertiary/aromatic N) is 1. The minimum Gasteiger partial charge on any atom is -0.493 e. The van der Waals surface area contributed by atoms with Crippen LogP contribution in [0.2, 0.25) is 0 Å². The highest BCUT2D eigenvalue weighted by Crippen LogP contribution is 2.28. The van der Waals surface area contributed by atoms with Crippen LogP contribution in [-0.4, -0.2) is 11.2 Å². The lowest BCUT2D eigenvalue weighted by molar-refractivity contribution is 0.357. The fourth-order valence-corrected chi connectivity index (χ4v) is 2.56. The van der Waals surface area contributed by atoms with E-state index in [4.69, 9.17) is 4.74 Å². The van der Waals surface area contributed by atoms with Gasteiger partial charge in [0.2, 0.25) is 0 Å². The number of aryl methyl sites for hydroxylation is 1. The van der Waals surface area contributed by atoms with E-state index in [1.165, 1.54) is 16.9 Å². The summed E-state index contributed by atoms with van der Waals surface area (Å²) < 4.78 is 7.83. The van der Waals surface area contributed by atoms with Crippen molar-refractivity contribution in [3.05, 3.63) is 47.8 Å².